The average Bonchev–Trinajstić information content (AvgIpc) is 2.07. The van der Waals surface area contributed by atoms with Gasteiger partial charge in [-0.05, 0) is 37.7 Å². The normalized spacial score (nSPS) is 16.6. The molecule has 0 fully saturated rings. The molecule has 3 heteroatoms. The molecule has 0 unspecified atom stereocenters. The van der Waals surface area contributed by atoms with Crippen LogP contribution in [0.4, 0.5) is 0 Å². The van der Waals surface area contributed by atoms with E-state index in [0.717, 1.165) is 18.5 Å². The first-order valence-corrected chi connectivity index (χ1v) is 3.85. The van der Waals surface area contributed by atoms with Crippen LogP contribution in [0.1, 0.15) is 6.42 Å². The summed E-state index contributed by atoms with van der Waals surface area (Å²) >= 11 is 0. The van der Waals surface area contributed by atoms with E-state index >= 15 is 0 Å². The van der Waals surface area contributed by atoms with Gasteiger partial charge in [-0.25, -0.2) is 0 Å². The predicted octanol–water partition coefficient (Wildman–Crippen LogP) is 0.230. The number of rotatable bonds is 3. The molecule has 1 rings (SSSR count). The molecule has 0 aromatic heterocycles. The Morgan fingerprint density at radius 3 is 2.58 bits per heavy atom. The van der Waals surface area contributed by atoms with Gasteiger partial charge in [-0.3, -0.25) is 9.59 Å². The van der Waals surface area contributed by atoms with Crippen LogP contribution in [0.15, 0.2) is 23.8 Å². The van der Waals surface area contributed by atoms with Gasteiger partial charge >= 0.3 is 0 Å². The minimum absolute atomic E-state index is 0.413. The van der Waals surface area contributed by atoms with Crippen molar-refractivity contribution in [3.8, 4) is 0 Å². The van der Waals surface area contributed by atoms with E-state index in [4.69, 9.17) is 0 Å². The molecular formula is C9H11NO2. The quantitative estimate of drug-likeness (QED) is 0.481. The van der Waals surface area contributed by atoms with Crippen LogP contribution in [-0.4, -0.2) is 25.2 Å². The highest BCUT2D eigenvalue weighted by atomic mass is 16.2. The number of allylic oxidation sites excluding steroid dienone is 3. The number of carbonyl (C=O) groups excluding carboxylic acids is 2. The van der Waals surface area contributed by atoms with E-state index in [9.17, 15) is 9.59 Å². The van der Waals surface area contributed by atoms with Crippen molar-refractivity contribution in [2.75, 3.05) is 13.6 Å². The second-order valence-corrected chi connectivity index (χ2v) is 2.63. The number of carbonyl (C=O) groups is 2. The molecule has 0 aromatic carbocycles. The Morgan fingerprint density at radius 2 is 2.00 bits per heavy atom. The third-order valence-electron chi connectivity index (χ3n) is 1.67. The van der Waals surface area contributed by atoms with Crippen molar-refractivity contribution in [3.63, 3.8) is 0 Å². The predicted molar refractivity (Wildman–Crippen MR) is 45.8 cm³/mol. The van der Waals surface area contributed by atoms with Gasteiger partial charge in [0.15, 0.2) is 0 Å². The fraction of sp³-hybridized carbons (Fsp3) is 0.333. The van der Waals surface area contributed by atoms with Crippen molar-refractivity contribution in [2.45, 2.75) is 6.42 Å². The van der Waals surface area contributed by atoms with Crippen LogP contribution < -0.4 is 5.32 Å². The van der Waals surface area contributed by atoms with Crippen molar-refractivity contribution in [2.24, 2.45) is 0 Å². The van der Waals surface area contributed by atoms with Crippen LogP contribution in [0.25, 0.3) is 0 Å². The lowest BCUT2D eigenvalue weighted by Crippen LogP contribution is -2.14. The summed E-state index contributed by atoms with van der Waals surface area (Å²) in [4.78, 5) is 21.6. The Bertz CT molecular complexity index is 264. The Balaban J connectivity index is 2.57. The van der Waals surface area contributed by atoms with Gasteiger partial charge in [-0.2, -0.15) is 0 Å². The summed E-state index contributed by atoms with van der Waals surface area (Å²) in [5.74, 6) is -0.841. The number of ketones is 2. The molecule has 0 saturated carbocycles. The lowest BCUT2D eigenvalue weighted by molar-refractivity contribution is -0.131. The molecule has 0 amide bonds. The largest absolute Gasteiger partial charge is 0.319 e. The van der Waals surface area contributed by atoms with Gasteiger partial charge < -0.3 is 5.32 Å². The van der Waals surface area contributed by atoms with Gasteiger partial charge in [0.25, 0.3) is 0 Å². The third-order valence-corrected chi connectivity index (χ3v) is 1.67. The molecule has 1 aliphatic rings. The number of nitrogens with one attached hydrogen (secondary N) is 1. The Kier molecular flexibility index (Phi) is 2.94. The SMILES string of the molecule is CNCCC1=CC(=O)C(=O)C=C1. The zero-order valence-corrected chi connectivity index (χ0v) is 6.96. The standard InChI is InChI=1S/C9H11NO2/c1-10-5-4-7-2-3-8(11)9(12)6-7/h2-3,6,10H,4-5H2,1H3. The zero-order chi connectivity index (χ0) is 8.97. The van der Waals surface area contributed by atoms with Gasteiger partial charge in [-0.15, -0.1) is 0 Å². The van der Waals surface area contributed by atoms with E-state index in [0.29, 0.717) is 0 Å². The molecule has 0 saturated heterocycles. The smallest absolute Gasteiger partial charge is 0.225 e. The fourth-order valence-corrected chi connectivity index (χ4v) is 0.977. The minimum Gasteiger partial charge on any atom is -0.319 e. The van der Waals surface area contributed by atoms with E-state index in [2.05, 4.69) is 5.32 Å². The van der Waals surface area contributed by atoms with E-state index in [-0.39, 0.29) is 0 Å². The van der Waals surface area contributed by atoms with E-state index in [1.165, 1.54) is 12.2 Å². The summed E-state index contributed by atoms with van der Waals surface area (Å²) in [5.41, 5.74) is 0.911. The Morgan fingerprint density at radius 1 is 1.25 bits per heavy atom. The van der Waals surface area contributed by atoms with Crippen molar-refractivity contribution in [1.82, 2.24) is 5.32 Å². The first-order valence-electron chi connectivity index (χ1n) is 3.85. The maximum atomic E-state index is 10.9. The number of hydrogen-bond acceptors (Lipinski definition) is 3. The van der Waals surface area contributed by atoms with Crippen molar-refractivity contribution < 1.29 is 9.59 Å². The summed E-state index contributed by atoms with van der Waals surface area (Å²) in [5, 5.41) is 2.97. The first kappa shape index (κ1) is 8.87. The topological polar surface area (TPSA) is 46.2 Å². The summed E-state index contributed by atoms with van der Waals surface area (Å²) in [6.45, 7) is 0.817. The van der Waals surface area contributed by atoms with Crippen molar-refractivity contribution in [3.05, 3.63) is 23.8 Å². The molecule has 0 spiro atoms. The van der Waals surface area contributed by atoms with Gasteiger partial charge in [0.2, 0.25) is 11.6 Å². The van der Waals surface area contributed by atoms with Gasteiger partial charge in [0, 0.05) is 0 Å². The van der Waals surface area contributed by atoms with E-state index in [1.807, 2.05) is 7.05 Å². The maximum absolute atomic E-state index is 10.9. The first-order chi connectivity index (χ1) is 5.74. The molecule has 12 heavy (non-hydrogen) atoms. The van der Waals surface area contributed by atoms with Crippen LogP contribution in [0, 0.1) is 0 Å². The van der Waals surface area contributed by atoms with Crippen LogP contribution in [0.5, 0.6) is 0 Å². The van der Waals surface area contributed by atoms with Crippen LogP contribution in [0.2, 0.25) is 0 Å². The molecule has 3 nitrogen and oxygen atoms in total. The second-order valence-electron chi connectivity index (χ2n) is 2.63. The molecule has 0 aliphatic heterocycles. The molecule has 0 bridgehead atoms. The third kappa shape index (κ3) is 2.13. The molecule has 1 aliphatic carbocycles. The van der Waals surface area contributed by atoms with Crippen molar-refractivity contribution >= 4 is 11.6 Å². The highest BCUT2D eigenvalue weighted by molar-refractivity contribution is 6.46. The lowest BCUT2D eigenvalue weighted by atomic mass is 10.0. The van der Waals surface area contributed by atoms with Crippen LogP contribution in [-0.2, 0) is 9.59 Å². The highest BCUT2D eigenvalue weighted by Crippen LogP contribution is 2.07. The molecule has 0 atom stereocenters. The van der Waals surface area contributed by atoms with E-state index < -0.39 is 11.6 Å². The van der Waals surface area contributed by atoms with Crippen LogP contribution >= 0.6 is 0 Å². The molecule has 64 valence electrons. The Hall–Kier alpha value is -1.22. The molecule has 0 heterocycles. The summed E-state index contributed by atoms with van der Waals surface area (Å²) < 4.78 is 0. The number of hydrogen-bond donors (Lipinski definition) is 1. The average molecular weight is 165 g/mol. The molecule has 0 radical (unpaired) electrons. The van der Waals surface area contributed by atoms with Gasteiger partial charge in [-0.1, -0.05) is 6.08 Å². The summed E-state index contributed by atoms with van der Waals surface area (Å²) in [6, 6.07) is 0. The molecule has 0 aromatic rings. The highest BCUT2D eigenvalue weighted by Gasteiger charge is 2.12. The summed E-state index contributed by atoms with van der Waals surface area (Å²) in [7, 11) is 1.85. The minimum atomic E-state index is -0.428. The summed E-state index contributed by atoms with van der Waals surface area (Å²) in [6.07, 6.45) is 5.21. The van der Waals surface area contributed by atoms with Gasteiger partial charge in [0.1, 0.15) is 0 Å². The maximum Gasteiger partial charge on any atom is 0.225 e. The van der Waals surface area contributed by atoms with Crippen molar-refractivity contribution in [1.29, 1.82) is 0 Å². The second kappa shape index (κ2) is 3.97. The molecule has 1 N–H and O–H groups in total. The molecular weight excluding hydrogens is 154 g/mol. The zero-order valence-electron chi connectivity index (χ0n) is 6.96. The fourth-order valence-electron chi connectivity index (χ4n) is 0.977. The van der Waals surface area contributed by atoms with Crippen LogP contribution in [0.3, 0.4) is 0 Å². The lowest BCUT2D eigenvalue weighted by Gasteiger charge is -2.04. The monoisotopic (exact) mass is 165 g/mol. The van der Waals surface area contributed by atoms with E-state index in [1.54, 1.807) is 6.08 Å². The Labute approximate surface area is 71.1 Å². The van der Waals surface area contributed by atoms with Gasteiger partial charge in [0.05, 0.1) is 0 Å².